The van der Waals surface area contributed by atoms with E-state index in [4.69, 9.17) is 9.47 Å². The number of allylic oxidation sites excluding steroid dienone is 2. The molecule has 102 valence electrons. The Balaban J connectivity index is 2.68. The van der Waals surface area contributed by atoms with Crippen LogP contribution in [0.3, 0.4) is 0 Å². The molecule has 0 aromatic heterocycles. The van der Waals surface area contributed by atoms with Crippen molar-refractivity contribution in [2.75, 3.05) is 13.2 Å². The van der Waals surface area contributed by atoms with Gasteiger partial charge in [0.1, 0.15) is 0 Å². The standard InChI is InChI=1S/C14H22O4/c1-9-5-6-10(2)14(8-18-12(4)16)13(9)7-17-11(3)15/h5-6,9-10,13-14H,7-8H2,1-4H3/t9-,10-,13-,14+/m0/s1. The zero-order valence-electron chi connectivity index (χ0n) is 11.5. The van der Waals surface area contributed by atoms with Crippen LogP contribution in [0.25, 0.3) is 0 Å². The van der Waals surface area contributed by atoms with Gasteiger partial charge in [0.15, 0.2) is 0 Å². The maximum Gasteiger partial charge on any atom is 0.302 e. The van der Waals surface area contributed by atoms with Crippen molar-refractivity contribution in [3.63, 3.8) is 0 Å². The molecule has 0 aromatic rings. The van der Waals surface area contributed by atoms with Gasteiger partial charge in [-0.2, -0.15) is 0 Å². The number of carbonyl (C=O) groups excluding carboxylic acids is 2. The summed E-state index contributed by atoms with van der Waals surface area (Å²) in [5, 5.41) is 0. The maximum absolute atomic E-state index is 10.9. The molecule has 0 saturated heterocycles. The molecule has 1 aliphatic rings. The molecule has 0 radical (unpaired) electrons. The van der Waals surface area contributed by atoms with E-state index in [1.807, 2.05) is 0 Å². The average Bonchev–Trinajstić information content (AvgIpc) is 2.28. The minimum absolute atomic E-state index is 0.202. The molecule has 0 fully saturated rings. The molecule has 0 aromatic carbocycles. The molecular formula is C14H22O4. The second kappa shape index (κ2) is 6.57. The fourth-order valence-corrected chi connectivity index (χ4v) is 2.39. The van der Waals surface area contributed by atoms with Gasteiger partial charge in [-0.1, -0.05) is 26.0 Å². The van der Waals surface area contributed by atoms with Gasteiger partial charge in [0.2, 0.25) is 0 Å². The molecule has 0 bridgehead atoms. The summed E-state index contributed by atoms with van der Waals surface area (Å²) >= 11 is 0. The van der Waals surface area contributed by atoms with Crippen LogP contribution in [0.2, 0.25) is 0 Å². The summed E-state index contributed by atoms with van der Waals surface area (Å²) in [5.41, 5.74) is 0. The van der Waals surface area contributed by atoms with Crippen molar-refractivity contribution >= 4 is 11.9 Å². The zero-order chi connectivity index (χ0) is 13.7. The number of hydrogen-bond donors (Lipinski definition) is 0. The monoisotopic (exact) mass is 254 g/mol. The molecule has 1 aliphatic carbocycles. The van der Waals surface area contributed by atoms with Crippen LogP contribution in [0.4, 0.5) is 0 Å². The number of rotatable bonds is 4. The van der Waals surface area contributed by atoms with Crippen molar-refractivity contribution < 1.29 is 19.1 Å². The highest BCUT2D eigenvalue weighted by Crippen LogP contribution is 2.34. The van der Waals surface area contributed by atoms with Gasteiger partial charge < -0.3 is 9.47 Å². The van der Waals surface area contributed by atoms with Gasteiger partial charge in [-0.05, 0) is 11.8 Å². The second-order valence-corrected chi connectivity index (χ2v) is 5.04. The fourth-order valence-electron chi connectivity index (χ4n) is 2.39. The van der Waals surface area contributed by atoms with Crippen LogP contribution in [-0.2, 0) is 19.1 Å². The van der Waals surface area contributed by atoms with Crippen LogP contribution < -0.4 is 0 Å². The van der Waals surface area contributed by atoms with Crippen molar-refractivity contribution in [2.45, 2.75) is 27.7 Å². The minimum Gasteiger partial charge on any atom is -0.466 e. The predicted molar refractivity (Wildman–Crippen MR) is 67.7 cm³/mol. The Hall–Kier alpha value is -1.32. The molecule has 0 amide bonds. The summed E-state index contributed by atoms with van der Waals surface area (Å²) in [6, 6.07) is 0. The molecule has 1 rings (SSSR count). The minimum atomic E-state index is -0.268. The molecule has 4 atom stereocenters. The third kappa shape index (κ3) is 4.17. The van der Waals surface area contributed by atoms with Crippen LogP contribution in [0, 0.1) is 23.7 Å². The molecule has 4 nitrogen and oxygen atoms in total. The van der Waals surface area contributed by atoms with Crippen LogP contribution in [0.1, 0.15) is 27.7 Å². The number of ether oxygens (including phenoxy) is 2. The highest BCUT2D eigenvalue weighted by atomic mass is 16.5. The van der Waals surface area contributed by atoms with E-state index < -0.39 is 0 Å². The normalized spacial score (nSPS) is 30.9. The van der Waals surface area contributed by atoms with Gasteiger partial charge in [-0.15, -0.1) is 0 Å². The topological polar surface area (TPSA) is 52.6 Å². The lowest BCUT2D eigenvalue weighted by Crippen LogP contribution is -2.36. The van der Waals surface area contributed by atoms with E-state index in [2.05, 4.69) is 26.0 Å². The summed E-state index contributed by atoms with van der Waals surface area (Å²) in [7, 11) is 0. The lowest BCUT2D eigenvalue weighted by Gasteiger charge is -2.36. The van der Waals surface area contributed by atoms with Crippen molar-refractivity contribution in [3.05, 3.63) is 12.2 Å². The van der Waals surface area contributed by atoms with Crippen LogP contribution >= 0.6 is 0 Å². The lowest BCUT2D eigenvalue weighted by molar-refractivity contribution is -0.148. The molecule has 18 heavy (non-hydrogen) atoms. The highest BCUT2D eigenvalue weighted by molar-refractivity contribution is 5.66. The summed E-state index contributed by atoms with van der Waals surface area (Å²) in [6.45, 7) is 7.78. The van der Waals surface area contributed by atoms with E-state index in [0.717, 1.165) is 0 Å². The third-order valence-corrected chi connectivity index (χ3v) is 3.58. The summed E-state index contributed by atoms with van der Waals surface area (Å²) in [6.07, 6.45) is 4.28. The van der Waals surface area contributed by atoms with Gasteiger partial charge in [-0.3, -0.25) is 9.59 Å². The van der Waals surface area contributed by atoms with Gasteiger partial charge in [0.25, 0.3) is 0 Å². The van der Waals surface area contributed by atoms with E-state index in [0.29, 0.717) is 25.0 Å². The summed E-state index contributed by atoms with van der Waals surface area (Å²) in [5.74, 6) is 0.509. The van der Waals surface area contributed by atoms with E-state index in [1.165, 1.54) is 13.8 Å². The first kappa shape index (κ1) is 14.7. The Kier molecular flexibility index (Phi) is 5.38. The SMILES string of the molecule is CC(=O)OC[C@@H]1[C@H](COC(C)=O)[C@@H](C)C=C[C@@H]1C. The molecule has 0 heterocycles. The van der Waals surface area contributed by atoms with Crippen molar-refractivity contribution in [3.8, 4) is 0 Å². The molecule has 0 aliphatic heterocycles. The Labute approximate surface area is 108 Å². The quantitative estimate of drug-likeness (QED) is 0.570. The van der Waals surface area contributed by atoms with Crippen molar-refractivity contribution in [1.82, 2.24) is 0 Å². The largest absolute Gasteiger partial charge is 0.466 e. The Bertz CT molecular complexity index is 303. The van der Waals surface area contributed by atoms with Gasteiger partial charge >= 0.3 is 11.9 Å². The maximum atomic E-state index is 10.9. The zero-order valence-corrected chi connectivity index (χ0v) is 11.5. The smallest absolute Gasteiger partial charge is 0.302 e. The van der Waals surface area contributed by atoms with E-state index in [9.17, 15) is 9.59 Å². The second-order valence-electron chi connectivity index (χ2n) is 5.04. The molecule has 0 N–H and O–H groups in total. The van der Waals surface area contributed by atoms with E-state index in [1.54, 1.807) is 0 Å². The molecule has 0 spiro atoms. The molecule has 0 saturated carbocycles. The van der Waals surface area contributed by atoms with E-state index in [-0.39, 0.29) is 23.8 Å². The van der Waals surface area contributed by atoms with Crippen LogP contribution in [0.15, 0.2) is 12.2 Å². The molecule has 4 heteroatoms. The summed E-state index contributed by atoms with van der Waals surface area (Å²) in [4.78, 5) is 21.8. The summed E-state index contributed by atoms with van der Waals surface area (Å²) < 4.78 is 10.2. The van der Waals surface area contributed by atoms with E-state index >= 15 is 0 Å². The predicted octanol–water partition coefficient (Wildman–Crippen LogP) is 2.19. The lowest BCUT2D eigenvalue weighted by atomic mass is 9.72. The fraction of sp³-hybridized carbons (Fsp3) is 0.714. The van der Waals surface area contributed by atoms with Crippen molar-refractivity contribution in [1.29, 1.82) is 0 Å². The first-order valence-corrected chi connectivity index (χ1v) is 6.37. The number of esters is 2. The van der Waals surface area contributed by atoms with Gasteiger partial charge in [0.05, 0.1) is 13.2 Å². The van der Waals surface area contributed by atoms with Crippen LogP contribution in [-0.4, -0.2) is 25.2 Å². The van der Waals surface area contributed by atoms with Crippen LogP contribution in [0.5, 0.6) is 0 Å². The number of carbonyl (C=O) groups is 2. The highest BCUT2D eigenvalue weighted by Gasteiger charge is 2.33. The third-order valence-electron chi connectivity index (χ3n) is 3.58. The molecular weight excluding hydrogens is 232 g/mol. The molecule has 0 unspecified atom stereocenters. The first-order valence-electron chi connectivity index (χ1n) is 6.37. The Morgan fingerprint density at radius 2 is 1.22 bits per heavy atom. The Morgan fingerprint density at radius 3 is 1.50 bits per heavy atom. The van der Waals surface area contributed by atoms with Gasteiger partial charge in [0, 0.05) is 25.7 Å². The first-order chi connectivity index (χ1) is 8.41. The van der Waals surface area contributed by atoms with Gasteiger partial charge in [-0.25, -0.2) is 0 Å². The average molecular weight is 254 g/mol. The Morgan fingerprint density at radius 1 is 0.889 bits per heavy atom. The number of hydrogen-bond acceptors (Lipinski definition) is 4. The van der Waals surface area contributed by atoms with Crippen molar-refractivity contribution in [2.24, 2.45) is 23.7 Å².